The van der Waals surface area contributed by atoms with Gasteiger partial charge in [-0.2, -0.15) is 8.78 Å². The van der Waals surface area contributed by atoms with Gasteiger partial charge in [-0.1, -0.05) is 24.3 Å². The molecule has 0 unspecified atom stereocenters. The van der Waals surface area contributed by atoms with Gasteiger partial charge >= 0.3 is 5.97 Å². The predicted molar refractivity (Wildman–Crippen MR) is 56.6 cm³/mol. The monoisotopic (exact) mass is 226 g/mol. The Labute approximate surface area is 92.5 Å². The SMILES string of the molecule is C=CC(F)(F)COC(=O)c1ccc(C)cc1. The maximum absolute atomic E-state index is 12.7. The van der Waals surface area contributed by atoms with Crippen molar-refractivity contribution in [2.24, 2.45) is 0 Å². The van der Waals surface area contributed by atoms with Crippen molar-refractivity contribution < 1.29 is 18.3 Å². The molecule has 0 aliphatic carbocycles. The van der Waals surface area contributed by atoms with Gasteiger partial charge < -0.3 is 4.74 Å². The van der Waals surface area contributed by atoms with Crippen molar-refractivity contribution >= 4 is 5.97 Å². The van der Waals surface area contributed by atoms with Gasteiger partial charge in [0.25, 0.3) is 5.92 Å². The first-order chi connectivity index (χ1) is 7.44. The summed E-state index contributed by atoms with van der Waals surface area (Å²) in [5, 5.41) is 0. The van der Waals surface area contributed by atoms with Gasteiger partial charge in [0, 0.05) is 0 Å². The minimum atomic E-state index is -3.18. The lowest BCUT2D eigenvalue weighted by atomic mass is 10.1. The fraction of sp³-hybridized carbons (Fsp3) is 0.250. The quantitative estimate of drug-likeness (QED) is 0.582. The molecule has 0 aliphatic heterocycles. The van der Waals surface area contributed by atoms with E-state index in [0.717, 1.165) is 5.56 Å². The van der Waals surface area contributed by atoms with Crippen LogP contribution in [0.4, 0.5) is 8.78 Å². The topological polar surface area (TPSA) is 26.3 Å². The molecular formula is C12H12F2O2. The average molecular weight is 226 g/mol. The standard InChI is InChI=1S/C12H12F2O2/c1-3-12(13,14)8-16-11(15)10-6-4-9(2)5-7-10/h3-7H,1,8H2,2H3. The summed E-state index contributed by atoms with van der Waals surface area (Å²) in [6, 6.07) is 6.48. The van der Waals surface area contributed by atoms with Crippen molar-refractivity contribution in [3.8, 4) is 0 Å². The molecule has 0 aliphatic rings. The maximum atomic E-state index is 12.7. The van der Waals surface area contributed by atoms with Gasteiger partial charge in [-0.25, -0.2) is 4.79 Å². The Morgan fingerprint density at radius 1 is 1.44 bits per heavy atom. The number of carbonyl (C=O) groups is 1. The number of ether oxygens (including phenoxy) is 1. The largest absolute Gasteiger partial charge is 0.455 e. The van der Waals surface area contributed by atoms with Crippen molar-refractivity contribution in [3.05, 3.63) is 48.0 Å². The van der Waals surface area contributed by atoms with Crippen molar-refractivity contribution in [1.29, 1.82) is 0 Å². The molecule has 0 saturated carbocycles. The Balaban J connectivity index is 2.60. The number of hydrogen-bond acceptors (Lipinski definition) is 2. The summed E-state index contributed by atoms with van der Waals surface area (Å²) in [7, 11) is 0. The van der Waals surface area contributed by atoms with Crippen LogP contribution in [0.3, 0.4) is 0 Å². The first-order valence-electron chi connectivity index (χ1n) is 4.70. The number of rotatable bonds is 4. The molecule has 2 nitrogen and oxygen atoms in total. The van der Waals surface area contributed by atoms with E-state index in [1.807, 2.05) is 6.92 Å². The van der Waals surface area contributed by atoms with Crippen LogP contribution in [0.1, 0.15) is 15.9 Å². The van der Waals surface area contributed by atoms with Crippen molar-refractivity contribution in [1.82, 2.24) is 0 Å². The first-order valence-corrected chi connectivity index (χ1v) is 4.70. The Morgan fingerprint density at radius 3 is 2.50 bits per heavy atom. The van der Waals surface area contributed by atoms with Gasteiger partial charge in [-0.3, -0.25) is 0 Å². The summed E-state index contributed by atoms with van der Waals surface area (Å²) in [6.07, 6.45) is 0.454. The van der Waals surface area contributed by atoms with Crippen LogP contribution >= 0.6 is 0 Å². The zero-order valence-electron chi connectivity index (χ0n) is 8.87. The molecule has 0 N–H and O–H groups in total. The number of esters is 1. The van der Waals surface area contributed by atoms with Gasteiger partial charge in [0.05, 0.1) is 5.56 Å². The third kappa shape index (κ3) is 3.46. The average Bonchev–Trinajstić information content (AvgIpc) is 2.27. The van der Waals surface area contributed by atoms with E-state index in [1.165, 1.54) is 12.1 Å². The Kier molecular flexibility index (Phi) is 3.77. The van der Waals surface area contributed by atoms with Gasteiger partial charge in [0.1, 0.15) is 0 Å². The second-order valence-electron chi connectivity index (χ2n) is 3.41. The molecule has 4 heteroatoms. The summed E-state index contributed by atoms with van der Waals surface area (Å²) in [4.78, 5) is 11.3. The van der Waals surface area contributed by atoms with Crippen LogP contribution in [0.15, 0.2) is 36.9 Å². The minimum absolute atomic E-state index is 0.255. The zero-order chi connectivity index (χ0) is 12.2. The second-order valence-corrected chi connectivity index (χ2v) is 3.41. The lowest BCUT2D eigenvalue weighted by Gasteiger charge is -2.11. The van der Waals surface area contributed by atoms with Crippen LogP contribution in [0.25, 0.3) is 0 Å². The summed E-state index contributed by atoms with van der Waals surface area (Å²) in [5.41, 5.74) is 1.23. The maximum Gasteiger partial charge on any atom is 0.338 e. The highest BCUT2D eigenvalue weighted by Crippen LogP contribution is 2.15. The van der Waals surface area contributed by atoms with Crippen LogP contribution in [0.2, 0.25) is 0 Å². The molecular weight excluding hydrogens is 214 g/mol. The zero-order valence-corrected chi connectivity index (χ0v) is 8.87. The van der Waals surface area contributed by atoms with E-state index >= 15 is 0 Å². The molecule has 1 aromatic rings. The van der Waals surface area contributed by atoms with Crippen molar-refractivity contribution in [2.45, 2.75) is 12.8 Å². The van der Waals surface area contributed by atoms with Gasteiger partial charge in [0.2, 0.25) is 0 Å². The molecule has 0 saturated heterocycles. The Hall–Kier alpha value is -1.71. The van der Waals surface area contributed by atoms with Crippen molar-refractivity contribution in [3.63, 3.8) is 0 Å². The number of carbonyl (C=O) groups excluding carboxylic acids is 1. The summed E-state index contributed by atoms with van der Waals surface area (Å²) in [6.45, 7) is 3.83. The van der Waals surface area contributed by atoms with Gasteiger partial charge in [-0.15, -0.1) is 0 Å². The van der Waals surface area contributed by atoms with E-state index in [0.29, 0.717) is 6.08 Å². The van der Waals surface area contributed by atoms with Crippen molar-refractivity contribution in [2.75, 3.05) is 6.61 Å². The fourth-order valence-corrected chi connectivity index (χ4v) is 0.994. The number of aryl methyl sites for hydroxylation is 1. The third-order valence-electron chi connectivity index (χ3n) is 1.98. The molecule has 16 heavy (non-hydrogen) atoms. The lowest BCUT2D eigenvalue weighted by Crippen LogP contribution is -2.22. The molecule has 0 heterocycles. The van der Waals surface area contributed by atoms with E-state index in [-0.39, 0.29) is 5.56 Å². The molecule has 0 bridgehead atoms. The molecule has 86 valence electrons. The van der Waals surface area contributed by atoms with Crippen LogP contribution < -0.4 is 0 Å². The minimum Gasteiger partial charge on any atom is -0.455 e. The number of benzene rings is 1. The summed E-state index contributed by atoms with van der Waals surface area (Å²) < 4.78 is 29.9. The smallest absolute Gasteiger partial charge is 0.338 e. The molecule has 0 spiro atoms. The molecule has 0 aromatic heterocycles. The summed E-state index contributed by atoms with van der Waals surface area (Å²) >= 11 is 0. The second kappa shape index (κ2) is 4.88. The molecule has 1 rings (SSSR count). The highest BCUT2D eigenvalue weighted by molar-refractivity contribution is 5.89. The van der Waals surface area contributed by atoms with E-state index in [9.17, 15) is 13.6 Å². The number of alkyl halides is 2. The van der Waals surface area contributed by atoms with Crippen LogP contribution in [0, 0.1) is 6.92 Å². The van der Waals surface area contributed by atoms with E-state index in [4.69, 9.17) is 0 Å². The molecule has 0 radical (unpaired) electrons. The summed E-state index contributed by atoms with van der Waals surface area (Å²) in [5.74, 6) is -3.94. The lowest BCUT2D eigenvalue weighted by molar-refractivity contribution is -0.0258. The highest BCUT2D eigenvalue weighted by atomic mass is 19.3. The molecule has 0 amide bonds. The van der Waals surface area contributed by atoms with Gasteiger partial charge in [-0.05, 0) is 25.1 Å². The van der Waals surface area contributed by atoms with Crippen LogP contribution in [-0.2, 0) is 4.74 Å². The first kappa shape index (κ1) is 12.4. The normalized spacial score (nSPS) is 10.9. The predicted octanol–water partition coefficient (Wildman–Crippen LogP) is 2.97. The van der Waals surface area contributed by atoms with Crippen LogP contribution in [0.5, 0.6) is 0 Å². The van der Waals surface area contributed by atoms with E-state index in [1.54, 1.807) is 12.1 Å². The fourth-order valence-electron chi connectivity index (χ4n) is 0.994. The van der Waals surface area contributed by atoms with E-state index < -0.39 is 18.5 Å². The highest BCUT2D eigenvalue weighted by Gasteiger charge is 2.26. The third-order valence-corrected chi connectivity index (χ3v) is 1.98. The molecule has 0 atom stereocenters. The van der Waals surface area contributed by atoms with Gasteiger partial charge in [0.15, 0.2) is 6.61 Å². The Morgan fingerprint density at radius 2 is 2.00 bits per heavy atom. The Bertz CT molecular complexity index is 383. The molecule has 1 aromatic carbocycles. The number of hydrogen-bond donors (Lipinski definition) is 0. The molecule has 0 fully saturated rings. The van der Waals surface area contributed by atoms with Crippen LogP contribution in [-0.4, -0.2) is 18.5 Å². The number of halogens is 2. The van der Waals surface area contributed by atoms with E-state index in [2.05, 4.69) is 11.3 Å².